The van der Waals surface area contributed by atoms with Gasteiger partial charge < -0.3 is 14.6 Å². The highest BCUT2D eigenvalue weighted by molar-refractivity contribution is 5.96. The van der Waals surface area contributed by atoms with Gasteiger partial charge in [-0.15, -0.1) is 0 Å². The monoisotopic (exact) mass is 279 g/mol. The lowest BCUT2D eigenvalue weighted by atomic mass is 10.2. The van der Waals surface area contributed by atoms with Crippen LogP contribution < -0.4 is 5.32 Å². The molecule has 110 valence electrons. The average Bonchev–Trinajstić information content (AvgIpc) is 2.98. The molecule has 6 heteroatoms. The third kappa shape index (κ3) is 3.60. The highest BCUT2D eigenvalue weighted by Gasteiger charge is 2.22. The second-order valence-electron chi connectivity index (χ2n) is 5.21. The van der Waals surface area contributed by atoms with Crippen molar-refractivity contribution in [2.45, 2.75) is 19.9 Å². The number of piperazine rings is 1. The van der Waals surface area contributed by atoms with Gasteiger partial charge in [0.1, 0.15) is 6.26 Å². The van der Waals surface area contributed by atoms with Gasteiger partial charge in [0.15, 0.2) is 0 Å². The molecule has 1 aromatic rings. The fourth-order valence-corrected chi connectivity index (χ4v) is 2.25. The normalized spacial score (nSPS) is 16.4. The third-order valence-electron chi connectivity index (χ3n) is 3.58. The van der Waals surface area contributed by atoms with Crippen LogP contribution >= 0.6 is 0 Å². The summed E-state index contributed by atoms with van der Waals surface area (Å²) in [6.45, 7) is 7.56. The van der Waals surface area contributed by atoms with E-state index in [4.69, 9.17) is 4.42 Å². The number of carbonyl (C=O) groups excluding carboxylic acids is 2. The Morgan fingerprint density at radius 3 is 2.55 bits per heavy atom. The molecule has 2 amide bonds. The zero-order valence-corrected chi connectivity index (χ0v) is 12.0. The minimum Gasteiger partial charge on any atom is -0.472 e. The predicted octanol–water partition coefficient (Wildman–Crippen LogP) is 0.562. The zero-order chi connectivity index (χ0) is 14.5. The minimum absolute atomic E-state index is 0.0334. The van der Waals surface area contributed by atoms with Gasteiger partial charge in [0.25, 0.3) is 5.91 Å². The van der Waals surface area contributed by atoms with Crippen LogP contribution in [0.4, 0.5) is 0 Å². The maximum absolute atomic E-state index is 12.0. The van der Waals surface area contributed by atoms with Crippen molar-refractivity contribution >= 4 is 11.8 Å². The average molecular weight is 279 g/mol. The molecule has 1 aromatic heterocycles. The Balaban J connectivity index is 1.75. The number of hydrogen-bond donors (Lipinski definition) is 1. The number of rotatable bonds is 4. The van der Waals surface area contributed by atoms with Gasteiger partial charge in [-0.3, -0.25) is 14.5 Å². The number of nitrogens with zero attached hydrogens (tertiary/aromatic N) is 2. The number of furan rings is 1. The Bertz CT molecular complexity index is 448. The quantitative estimate of drug-likeness (QED) is 0.874. The Morgan fingerprint density at radius 2 is 2.00 bits per heavy atom. The third-order valence-corrected chi connectivity index (χ3v) is 3.58. The molecule has 2 rings (SSSR count). The Labute approximate surface area is 118 Å². The van der Waals surface area contributed by atoms with Gasteiger partial charge in [-0.2, -0.15) is 0 Å². The Kier molecular flexibility index (Phi) is 4.79. The standard InChI is InChI=1S/C14H21N3O3/c1-11(2)16-4-6-17(7-5-16)13(18)9-15-14(19)12-3-8-20-10-12/h3,8,10-11H,4-7,9H2,1-2H3,(H,15,19). The lowest BCUT2D eigenvalue weighted by molar-refractivity contribution is -0.132. The van der Waals surface area contributed by atoms with Crippen molar-refractivity contribution in [3.63, 3.8) is 0 Å². The summed E-state index contributed by atoms with van der Waals surface area (Å²) in [7, 11) is 0. The molecule has 0 aromatic carbocycles. The molecule has 0 atom stereocenters. The van der Waals surface area contributed by atoms with Crippen LogP contribution in [0.25, 0.3) is 0 Å². The summed E-state index contributed by atoms with van der Waals surface area (Å²) in [5.41, 5.74) is 0.433. The van der Waals surface area contributed by atoms with Crippen LogP contribution in [0.5, 0.6) is 0 Å². The molecule has 20 heavy (non-hydrogen) atoms. The van der Waals surface area contributed by atoms with Crippen molar-refractivity contribution in [3.05, 3.63) is 24.2 Å². The van der Waals surface area contributed by atoms with Crippen LogP contribution in [0.2, 0.25) is 0 Å². The minimum atomic E-state index is -0.284. The second kappa shape index (κ2) is 6.56. The van der Waals surface area contributed by atoms with E-state index >= 15 is 0 Å². The van der Waals surface area contributed by atoms with Crippen LogP contribution in [0.3, 0.4) is 0 Å². The first-order valence-electron chi connectivity index (χ1n) is 6.90. The van der Waals surface area contributed by atoms with E-state index < -0.39 is 0 Å². The maximum Gasteiger partial charge on any atom is 0.254 e. The summed E-state index contributed by atoms with van der Waals surface area (Å²) in [6.07, 6.45) is 2.79. The number of hydrogen-bond acceptors (Lipinski definition) is 4. The van der Waals surface area contributed by atoms with E-state index in [1.165, 1.54) is 12.5 Å². The first kappa shape index (κ1) is 14.6. The molecule has 0 radical (unpaired) electrons. The summed E-state index contributed by atoms with van der Waals surface area (Å²) in [6, 6.07) is 2.08. The summed E-state index contributed by atoms with van der Waals surface area (Å²) < 4.78 is 4.83. The molecule has 1 N–H and O–H groups in total. The summed E-state index contributed by atoms with van der Waals surface area (Å²) in [4.78, 5) is 27.8. The van der Waals surface area contributed by atoms with E-state index in [2.05, 4.69) is 24.1 Å². The molecule has 6 nitrogen and oxygen atoms in total. The molecule has 0 aliphatic carbocycles. The SMILES string of the molecule is CC(C)N1CCN(C(=O)CNC(=O)c2ccoc2)CC1. The zero-order valence-electron chi connectivity index (χ0n) is 12.0. The molecule has 0 unspecified atom stereocenters. The fraction of sp³-hybridized carbons (Fsp3) is 0.571. The van der Waals surface area contributed by atoms with Crippen LogP contribution in [0.1, 0.15) is 24.2 Å². The van der Waals surface area contributed by atoms with Gasteiger partial charge in [-0.25, -0.2) is 0 Å². The van der Waals surface area contributed by atoms with Crippen molar-refractivity contribution < 1.29 is 14.0 Å². The van der Waals surface area contributed by atoms with Crippen molar-refractivity contribution in [1.29, 1.82) is 0 Å². The van der Waals surface area contributed by atoms with Crippen LogP contribution in [0, 0.1) is 0 Å². The first-order valence-corrected chi connectivity index (χ1v) is 6.90. The fourth-order valence-electron chi connectivity index (χ4n) is 2.25. The summed E-state index contributed by atoms with van der Waals surface area (Å²) in [5.74, 6) is -0.321. The van der Waals surface area contributed by atoms with Crippen LogP contribution in [-0.4, -0.2) is 60.4 Å². The molecule has 0 spiro atoms. The van der Waals surface area contributed by atoms with E-state index in [1.54, 1.807) is 11.0 Å². The van der Waals surface area contributed by atoms with E-state index in [0.717, 1.165) is 26.2 Å². The number of carbonyl (C=O) groups is 2. The Morgan fingerprint density at radius 1 is 1.30 bits per heavy atom. The highest BCUT2D eigenvalue weighted by atomic mass is 16.3. The lowest BCUT2D eigenvalue weighted by Crippen LogP contribution is -2.52. The van der Waals surface area contributed by atoms with Gasteiger partial charge in [0.2, 0.25) is 5.91 Å². The second-order valence-corrected chi connectivity index (χ2v) is 5.21. The van der Waals surface area contributed by atoms with Gasteiger partial charge in [-0.05, 0) is 19.9 Å². The predicted molar refractivity (Wildman–Crippen MR) is 74.3 cm³/mol. The molecular weight excluding hydrogens is 258 g/mol. The van der Waals surface area contributed by atoms with E-state index in [-0.39, 0.29) is 18.4 Å². The van der Waals surface area contributed by atoms with Gasteiger partial charge in [0, 0.05) is 32.2 Å². The smallest absolute Gasteiger partial charge is 0.254 e. The largest absolute Gasteiger partial charge is 0.472 e. The van der Waals surface area contributed by atoms with Crippen LogP contribution in [0.15, 0.2) is 23.0 Å². The highest BCUT2D eigenvalue weighted by Crippen LogP contribution is 2.06. The lowest BCUT2D eigenvalue weighted by Gasteiger charge is -2.36. The van der Waals surface area contributed by atoms with Crippen molar-refractivity contribution in [3.8, 4) is 0 Å². The molecule has 1 aliphatic heterocycles. The topological polar surface area (TPSA) is 65.8 Å². The van der Waals surface area contributed by atoms with Gasteiger partial charge in [0.05, 0.1) is 18.4 Å². The summed E-state index contributed by atoms with van der Waals surface area (Å²) in [5, 5.41) is 2.61. The van der Waals surface area contributed by atoms with Crippen molar-refractivity contribution in [2.24, 2.45) is 0 Å². The number of nitrogens with one attached hydrogen (secondary N) is 1. The van der Waals surface area contributed by atoms with E-state index in [1.807, 2.05) is 0 Å². The van der Waals surface area contributed by atoms with Crippen LogP contribution in [-0.2, 0) is 4.79 Å². The molecule has 1 aliphatic rings. The molecule has 0 bridgehead atoms. The number of amides is 2. The molecule has 1 saturated heterocycles. The van der Waals surface area contributed by atoms with Crippen molar-refractivity contribution in [2.75, 3.05) is 32.7 Å². The molecule has 2 heterocycles. The summed E-state index contributed by atoms with van der Waals surface area (Å²) >= 11 is 0. The molecule has 0 saturated carbocycles. The van der Waals surface area contributed by atoms with Gasteiger partial charge >= 0.3 is 0 Å². The molecular formula is C14H21N3O3. The maximum atomic E-state index is 12.0. The van der Waals surface area contributed by atoms with E-state index in [9.17, 15) is 9.59 Å². The van der Waals surface area contributed by atoms with E-state index in [0.29, 0.717) is 11.6 Å². The molecule has 1 fully saturated rings. The Hall–Kier alpha value is -1.82. The van der Waals surface area contributed by atoms with Crippen molar-refractivity contribution in [1.82, 2.24) is 15.1 Å². The van der Waals surface area contributed by atoms with Gasteiger partial charge in [-0.1, -0.05) is 0 Å². The first-order chi connectivity index (χ1) is 9.58.